The van der Waals surface area contributed by atoms with Crippen LogP contribution in [0.25, 0.3) is 11.1 Å². The molecule has 1 unspecified atom stereocenters. The van der Waals surface area contributed by atoms with E-state index in [0.717, 1.165) is 5.56 Å². The number of carboxylic acids is 1. The van der Waals surface area contributed by atoms with Gasteiger partial charge in [-0.15, -0.1) is 0 Å². The Hall–Kier alpha value is -4.73. The number of hydrogen-bond donors (Lipinski definition) is 2. The summed E-state index contributed by atoms with van der Waals surface area (Å²) in [7, 11) is 1.43. The Kier molecular flexibility index (Phi) is 9.60. The second-order valence-corrected chi connectivity index (χ2v) is 9.26. The normalized spacial score (nSPS) is 11.2. The van der Waals surface area contributed by atoms with Gasteiger partial charge in [-0.25, -0.2) is 4.79 Å². The Morgan fingerprint density at radius 3 is 2.25 bits per heavy atom. The molecular formula is C30H27ClN2O7. The van der Waals surface area contributed by atoms with E-state index in [4.69, 9.17) is 21.4 Å². The molecule has 40 heavy (non-hydrogen) atoms. The second kappa shape index (κ2) is 12.9. The average molecular weight is 563 g/mol. The van der Waals surface area contributed by atoms with Crippen molar-refractivity contribution in [3.8, 4) is 16.9 Å². The lowest BCUT2D eigenvalue weighted by Crippen LogP contribution is -2.34. The highest BCUT2D eigenvalue weighted by atomic mass is 35.5. The zero-order valence-electron chi connectivity index (χ0n) is 21.7. The zero-order chi connectivity index (χ0) is 28.1. The summed E-state index contributed by atoms with van der Waals surface area (Å²) in [5.41, 5.74) is 1.98. The molecule has 0 aliphatic carbocycles. The molecule has 1 heterocycles. The molecule has 4 aromatic rings. The van der Waals surface area contributed by atoms with Crippen molar-refractivity contribution in [1.82, 2.24) is 4.57 Å². The van der Waals surface area contributed by atoms with Gasteiger partial charge in [0.25, 0.3) is 5.56 Å². The van der Waals surface area contributed by atoms with Gasteiger partial charge in [0.1, 0.15) is 11.8 Å². The predicted molar refractivity (Wildman–Crippen MR) is 153 cm³/mol. The fraction of sp³-hybridized carbons (Fsp3) is 0.133. The maximum atomic E-state index is 13.5. The van der Waals surface area contributed by atoms with Crippen molar-refractivity contribution in [1.29, 1.82) is 0 Å². The summed E-state index contributed by atoms with van der Waals surface area (Å²) in [5.74, 6) is -1.49. The number of aromatic nitrogens is 1. The summed E-state index contributed by atoms with van der Waals surface area (Å²) in [6, 6.07) is 20.1. The monoisotopic (exact) mass is 562 g/mol. The van der Waals surface area contributed by atoms with Crippen LogP contribution in [0.1, 0.15) is 39.2 Å². The molecule has 0 radical (unpaired) electrons. The molecule has 9 nitrogen and oxygen atoms in total. The first kappa shape index (κ1) is 29.8. The summed E-state index contributed by atoms with van der Waals surface area (Å²) < 4.78 is 6.89. The molecule has 1 atom stereocenters. The highest BCUT2D eigenvalue weighted by molar-refractivity contribution is 6.31. The molecule has 4 rings (SSSR count). The number of Topliss-reactive ketones (excluding diaryl/α,β-unsaturated/α-hetero) is 1. The molecule has 1 amide bonds. The first-order valence-electron chi connectivity index (χ1n) is 12.0. The lowest BCUT2D eigenvalue weighted by Gasteiger charge is -2.22. The van der Waals surface area contributed by atoms with Crippen molar-refractivity contribution in [3.05, 3.63) is 117 Å². The molecule has 0 spiro atoms. The van der Waals surface area contributed by atoms with Crippen LogP contribution in [0.4, 0.5) is 5.69 Å². The van der Waals surface area contributed by atoms with Gasteiger partial charge in [-0.3, -0.25) is 19.0 Å². The van der Waals surface area contributed by atoms with Gasteiger partial charge in [0.05, 0.1) is 18.9 Å². The van der Waals surface area contributed by atoms with E-state index in [2.05, 4.69) is 5.32 Å². The minimum Gasteiger partial charge on any atom is -0.495 e. The van der Waals surface area contributed by atoms with Gasteiger partial charge in [0.15, 0.2) is 5.78 Å². The number of methoxy groups -OCH3 is 1. The number of rotatable bonds is 9. The van der Waals surface area contributed by atoms with Crippen molar-refractivity contribution >= 4 is 34.9 Å². The number of aromatic carboxylic acids is 1. The number of carbonyl (C=O) groups excluding carboxylic acids is 2. The number of halogens is 1. The second-order valence-electron chi connectivity index (χ2n) is 8.82. The number of ether oxygens (including phenoxy) is 1. The van der Waals surface area contributed by atoms with Crippen LogP contribution in [-0.2, 0) is 11.2 Å². The summed E-state index contributed by atoms with van der Waals surface area (Å²) in [6.45, 7) is 1.42. The highest BCUT2D eigenvalue weighted by Crippen LogP contribution is 2.34. The Morgan fingerprint density at radius 1 is 0.975 bits per heavy atom. The minimum absolute atomic E-state index is 0. The Bertz CT molecular complexity index is 1600. The van der Waals surface area contributed by atoms with E-state index >= 15 is 0 Å². The predicted octanol–water partition coefficient (Wildman–Crippen LogP) is 4.68. The van der Waals surface area contributed by atoms with E-state index in [1.807, 2.05) is 30.3 Å². The van der Waals surface area contributed by atoms with Gasteiger partial charge in [-0.1, -0.05) is 41.9 Å². The number of amides is 1. The van der Waals surface area contributed by atoms with Crippen molar-refractivity contribution in [2.75, 3.05) is 12.4 Å². The molecule has 0 saturated heterocycles. The number of benzene rings is 3. The SMILES string of the molecule is COc1cn(C(Cc2ccccc2)C(=O)Nc2ccc(C(=O)O)cc2)c(=O)cc1-c1cc(Cl)ccc1C(C)=O.O. The standard InChI is InChI=1S/C30H25ClN2O6.H2O/c1-18(34)23-13-10-21(31)15-24(23)25-16-28(35)33(17-27(25)39-2)26(14-19-6-4-3-5-7-19)29(36)32-22-11-8-20(9-12-22)30(37)38;/h3-13,15-17,26H,14H2,1-2H3,(H,32,36)(H,37,38);1H2. The maximum absolute atomic E-state index is 13.5. The first-order chi connectivity index (χ1) is 18.7. The molecule has 3 aromatic carbocycles. The summed E-state index contributed by atoms with van der Waals surface area (Å²) >= 11 is 6.20. The Morgan fingerprint density at radius 2 is 1.65 bits per heavy atom. The van der Waals surface area contributed by atoms with Gasteiger partial charge < -0.3 is 20.6 Å². The topological polar surface area (TPSA) is 146 Å². The highest BCUT2D eigenvalue weighted by Gasteiger charge is 2.25. The smallest absolute Gasteiger partial charge is 0.335 e. The van der Waals surface area contributed by atoms with E-state index in [-0.39, 0.29) is 29.0 Å². The first-order valence-corrected chi connectivity index (χ1v) is 12.3. The number of nitrogens with one attached hydrogen (secondary N) is 1. The van der Waals surface area contributed by atoms with Crippen LogP contribution in [-0.4, -0.2) is 39.9 Å². The third-order valence-corrected chi connectivity index (χ3v) is 6.46. The zero-order valence-corrected chi connectivity index (χ0v) is 22.4. The van der Waals surface area contributed by atoms with Crippen molar-refractivity contribution in [2.45, 2.75) is 19.4 Å². The number of carbonyl (C=O) groups is 3. The molecular weight excluding hydrogens is 536 g/mol. The molecule has 0 fully saturated rings. The summed E-state index contributed by atoms with van der Waals surface area (Å²) in [4.78, 5) is 50.5. The van der Waals surface area contributed by atoms with E-state index in [1.54, 1.807) is 18.2 Å². The van der Waals surface area contributed by atoms with Gasteiger partial charge in [-0.2, -0.15) is 0 Å². The van der Waals surface area contributed by atoms with Gasteiger partial charge in [-0.05, 0) is 60.5 Å². The van der Waals surface area contributed by atoms with Crippen molar-refractivity contribution in [3.63, 3.8) is 0 Å². The van der Waals surface area contributed by atoms with Gasteiger partial charge in [0.2, 0.25) is 5.91 Å². The molecule has 0 bridgehead atoms. The molecule has 10 heteroatoms. The van der Waals surface area contributed by atoms with Crippen LogP contribution in [0, 0.1) is 0 Å². The summed E-state index contributed by atoms with van der Waals surface area (Å²) in [5, 5.41) is 12.3. The summed E-state index contributed by atoms with van der Waals surface area (Å²) in [6.07, 6.45) is 1.64. The maximum Gasteiger partial charge on any atom is 0.335 e. The van der Waals surface area contributed by atoms with Crippen LogP contribution in [0.15, 0.2) is 89.9 Å². The minimum atomic E-state index is -1.08. The van der Waals surface area contributed by atoms with Crippen LogP contribution in [0.5, 0.6) is 5.75 Å². The lowest BCUT2D eigenvalue weighted by atomic mass is 9.97. The largest absolute Gasteiger partial charge is 0.495 e. The van der Waals surface area contributed by atoms with E-state index < -0.39 is 23.5 Å². The molecule has 1 aromatic heterocycles. The van der Waals surface area contributed by atoms with E-state index in [0.29, 0.717) is 27.4 Å². The average Bonchev–Trinajstić information content (AvgIpc) is 2.92. The lowest BCUT2D eigenvalue weighted by molar-refractivity contribution is -0.119. The number of ketones is 1. The number of anilines is 1. The van der Waals surface area contributed by atoms with Crippen LogP contribution in [0.3, 0.4) is 0 Å². The molecule has 0 aliphatic rings. The van der Waals surface area contributed by atoms with Crippen LogP contribution < -0.4 is 15.6 Å². The third-order valence-electron chi connectivity index (χ3n) is 6.22. The van der Waals surface area contributed by atoms with Gasteiger partial charge >= 0.3 is 5.97 Å². The van der Waals surface area contributed by atoms with E-state index in [1.165, 1.54) is 55.1 Å². The third kappa shape index (κ3) is 6.63. The fourth-order valence-corrected chi connectivity index (χ4v) is 4.44. The molecule has 0 saturated carbocycles. The van der Waals surface area contributed by atoms with E-state index in [9.17, 15) is 19.2 Å². The van der Waals surface area contributed by atoms with Crippen molar-refractivity contribution < 1.29 is 29.7 Å². The molecule has 4 N–H and O–H groups in total. The molecule has 0 aliphatic heterocycles. The number of hydrogen-bond acceptors (Lipinski definition) is 5. The number of pyridine rings is 1. The van der Waals surface area contributed by atoms with Crippen LogP contribution in [0.2, 0.25) is 5.02 Å². The van der Waals surface area contributed by atoms with Crippen LogP contribution >= 0.6 is 11.6 Å². The van der Waals surface area contributed by atoms with Crippen molar-refractivity contribution in [2.24, 2.45) is 0 Å². The number of carboxylic acid groups (broad SMARTS) is 1. The number of nitrogens with zero attached hydrogens (tertiary/aromatic N) is 1. The fourth-order valence-electron chi connectivity index (χ4n) is 4.27. The Balaban J connectivity index is 0.00000441. The quantitative estimate of drug-likeness (QED) is 0.283. The molecule has 206 valence electrons. The Labute approximate surface area is 234 Å². The van der Waals surface area contributed by atoms with Gasteiger partial charge in [0, 0.05) is 34.3 Å².